The molecule has 2 heterocycles. The molecular weight excluding hydrogens is 605 g/mol. The largest absolute Gasteiger partial charge is 0.497 e. The summed E-state index contributed by atoms with van der Waals surface area (Å²) in [6, 6.07) is 22.6. The van der Waals surface area contributed by atoms with E-state index in [2.05, 4.69) is 14.8 Å². The first kappa shape index (κ1) is 30.9. The van der Waals surface area contributed by atoms with Gasteiger partial charge in [-0.15, -0.1) is 10.2 Å². The molecule has 1 saturated heterocycles. The minimum absolute atomic E-state index is 0.110. The van der Waals surface area contributed by atoms with Crippen LogP contribution in [0, 0.1) is 0 Å². The number of carbonyl (C=O) groups is 2. The molecule has 0 bridgehead atoms. The van der Waals surface area contributed by atoms with Crippen molar-refractivity contribution in [2.75, 3.05) is 32.5 Å². The summed E-state index contributed by atoms with van der Waals surface area (Å²) < 4.78 is 7.39. The Hall–Kier alpha value is -3.53. The highest BCUT2D eigenvalue weighted by atomic mass is 35.5. The Morgan fingerprint density at radius 1 is 0.953 bits per heavy atom. The Balaban J connectivity index is 1.14. The lowest BCUT2D eigenvalue weighted by atomic mass is 10.1. The van der Waals surface area contributed by atoms with Crippen LogP contribution >= 0.6 is 35.0 Å². The highest BCUT2D eigenvalue weighted by Crippen LogP contribution is 2.29. The van der Waals surface area contributed by atoms with Gasteiger partial charge < -0.3 is 14.5 Å². The summed E-state index contributed by atoms with van der Waals surface area (Å²) in [6.07, 6.45) is 2.09. The molecule has 1 aliphatic rings. The predicted octanol–water partition coefficient (Wildman–Crippen LogP) is 6.89. The van der Waals surface area contributed by atoms with Gasteiger partial charge in [0.25, 0.3) is 5.91 Å². The molecule has 8 nitrogen and oxygen atoms in total. The fraction of sp³-hybridized carbons (Fsp3) is 0.312. The number of ether oxygens (including phenoxy) is 1. The summed E-state index contributed by atoms with van der Waals surface area (Å²) in [5.41, 5.74) is 2.39. The van der Waals surface area contributed by atoms with Crippen LogP contribution < -0.4 is 4.74 Å². The fourth-order valence-electron chi connectivity index (χ4n) is 5.13. The van der Waals surface area contributed by atoms with Crippen LogP contribution in [0.4, 0.5) is 0 Å². The summed E-state index contributed by atoms with van der Waals surface area (Å²) in [7, 11) is 1.65. The lowest BCUT2D eigenvalue weighted by molar-refractivity contribution is -0.133. The van der Waals surface area contributed by atoms with Crippen LogP contribution in [0.25, 0.3) is 17.1 Å². The van der Waals surface area contributed by atoms with E-state index < -0.39 is 0 Å². The molecule has 0 spiro atoms. The van der Waals surface area contributed by atoms with Crippen LogP contribution in [0.15, 0.2) is 78.0 Å². The third-order valence-electron chi connectivity index (χ3n) is 7.36. The molecule has 4 aromatic rings. The van der Waals surface area contributed by atoms with Crippen molar-refractivity contribution in [1.29, 1.82) is 0 Å². The molecule has 0 saturated carbocycles. The molecule has 1 fully saturated rings. The number of amides is 2. The molecule has 1 aromatic heterocycles. The van der Waals surface area contributed by atoms with Crippen LogP contribution in [-0.4, -0.2) is 74.9 Å². The zero-order valence-corrected chi connectivity index (χ0v) is 26.4. The number of methoxy groups -OCH3 is 1. The minimum Gasteiger partial charge on any atom is -0.497 e. The van der Waals surface area contributed by atoms with Crippen LogP contribution in [0.3, 0.4) is 0 Å². The zero-order valence-electron chi connectivity index (χ0n) is 24.1. The standard InChI is InChI=1S/C32H33Cl2N5O3S/c1-22-21-37(15-16-38(22)31(41)24-18-25(33)20-26(34)19-24)29(40)10-6-7-17-43-32-36-35-30(23-8-4-3-5-9-23)39(32)27-11-13-28(42-2)14-12-27/h3-5,8-9,11-14,18-20,22H,6-7,10,15-17,21H2,1-2H3. The van der Waals surface area contributed by atoms with Crippen molar-refractivity contribution in [3.05, 3.63) is 88.4 Å². The maximum absolute atomic E-state index is 13.1. The Morgan fingerprint density at radius 3 is 2.35 bits per heavy atom. The summed E-state index contributed by atoms with van der Waals surface area (Å²) in [4.78, 5) is 29.7. The number of hydrogen-bond acceptors (Lipinski definition) is 6. The Kier molecular flexibility index (Phi) is 10.3. The van der Waals surface area contributed by atoms with Gasteiger partial charge in [-0.1, -0.05) is 65.3 Å². The van der Waals surface area contributed by atoms with Gasteiger partial charge in [0.15, 0.2) is 11.0 Å². The number of thioether (sulfide) groups is 1. The molecule has 43 heavy (non-hydrogen) atoms. The summed E-state index contributed by atoms with van der Waals surface area (Å²) in [6.45, 7) is 3.44. The number of aromatic nitrogens is 3. The Bertz CT molecular complexity index is 1540. The molecule has 5 rings (SSSR count). The van der Waals surface area contributed by atoms with Gasteiger partial charge >= 0.3 is 0 Å². The number of hydrogen-bond donors (Lipinski definition) is 0. The van der Waals surface area contributed by atoms with Crippen molar-refractivity contribution in [3.63, 3.8) is 0 Å². The number of rotatable bonds is 10. The smallest absolute Gasteiger partial charge is 0.254 e. The van der Waals surface area contributed by atoms with E-state index in [1.54, 1.807) is 42.0 Å². The van der Waals surface area contributed by atoms with E-state index >= 15 is 0 Å². The quantitative estimate of drug-likeness (QED) is 0.139. The zero-order chi connectivity index (χ0) is 30.3. The van der Waals surface area contributed by atoms with Crippen LogP contribution in [0.1, 0.15) is 36.5 Å². The van der Waals surface area contributed by atoms with Gasteiger partial charge in [0.05, 0.1) is 7.11 Å². The average molecular weight is 639 g/mol. The highest BCUT2D eigenvalue weighted by molar-refractivity contribution is 7.99. The molecule has 1 aliphatic heterocycles. The first-order chi connectivity index (χ1) is 20.8. The third-order valence-corrected chi connectivity index (χ3v) is 8.81. The van der Waals surface area contributed by atoms with Crippen molar-refractivity contribution in [2.45, 2.75) is 37.4 Å². The van der Waals surface area contributed by atoms with Crippen molar-refractivity contribution in [3.8, 4) is 22.8 Å². The van der Waals surface area contributed by atoms with Gasteiger partial charge in [-0.05, 0) is 62.2 Å². The lowest BCUT2D eigenvalue weighted by Gasteiger charge is -2.40. The summed E-state index contributed by atoms with van der Waals surface area (Å²) in [5.74, 6) is 2.34. The normalized spacial score (nSPS) is 15.0. The SMILES string of the molecule is COc1ccc(-n2c(SCCCCC(=O)N3CCN(C(=O)c4cc(Cl)cc(Cl)c4)C(C)C3)nnc2-c2ccccc2)cc1. The predicted molar refractivity (Wildman–Crippen MR) is 171 cm³/mol. The first-order valence-corrected chi connectivity index (χ1v) is 15.9. The molecular formula is C32H33Cl2N5O3S. The summed E-state index contributed by atoms with van der Waals surface area (Å²) >= 11 is 13.8. The van der Waals surface area contributed by atoms with Crippen molar-refractivity contribution >= 4 is 46.8 Å². The monoisotopic (exact) mass is 637 g/mol. The van der Waals surface area contributed by atoms with E-state index in [1.165, 1.54) is 0 Å². The van der Waals surface area contributed by atoms with Crippen molar-refractivity contribution in [1.82, 2.24) is 24.6 Å². The van der Waals surface area contributed by atoms with Gasteiger partial charge in [-0.2, -0.15) is 0 Å². The topological polar surface area (TPSA) is 80.6 Å². The molecule has 1 atom stereocenters. The molecule has 2 amide bonds. The fourth-order valence-corrected chi connectivity index (χ4v) is 6.61. The molecule has 0 aliphatic carbocycles. The van der Waals surface area contributed by atoms with Gasteiger partial charge in [0.1, 0.15) is 5.75 Å². The Labute approximate surface area is 265 Å². The second-order valence-corrected chi connectivity index (χ2v) is 12.3. The van der Waals surface area contributed by atoms with Crippen LogP contribution in [0.2, 0.25) is 10.0 Å². The average Bonchev–Trinajstić information content (AvgIpc) is 3.44. The molecule has 0 radical (unpaired) electrons. The van der Waals surface area contributed by atoms with Crippen molar-refractivity contribution in [2.24, 2.45) is 0 Å². The number of piperazine rings is 1. The molecule has 1 unspecified atom stereocenters. The van der Waals surface area contributed by atoms with Crippen molar-refractivity contribution < 1.29 is 14.3 Å². The van der Waals surface area contributed by atoms with E-state index in [9.17, 15) is 9.59 Å². The van der Waals surface area contributed by atoms with Gasteiger partial charge in [-0.25, -0.2) is 0 Å². The second-order valence-electron chi connectivity index (χ2n) is 10.4. The number of halogens is 2. The number of carbonyl (C=O) groups excluding carboxylic acids is 2. The maximum atomic E-state index is 13.1. The van der Waals surface area contributed by atoms with E-state index in [-0.39, 0.29) is 17.9 Å². The lowest BCUT2D eigenvalue weighted by Crippen LogP contribution is -2.55. The second kappa shape index (κ2) is 14.3. The van der Waals surface area contributed by atoms with Gasteiger partial charge in [0, 0.05) is 64.7 Å². The molecule has 3 aromatic carbocycles. The Morgan fingerprint density at radius 2 is 1.67 bits per heavy atom. The summed E-state index contributed by atoms with van der Waals surface area (Å²) in [5, 5.41) is 10.7. The van der Waals surface area contributed by atoms with E-state index in [1.807, 2.05) is 66.4 Å². The number of unbranched alkanes of at least 4 members (excludes halogenated alkanes) is 1. The third kappa shape index (κ3) is 7.52. The van der Waals surface area contributed by atoms with Gasteiger partial charge in [-0.3, -0.25) is 14.2 Å². The van der Waals surface area contributed by atoms with Gasteiger partial charge in [0.2, 0.25) is 5.91 Å². The number of nitrogens with zero attached hydrogens (tertiary/aromatic N) is 5. The molecule has 0 N–H and O–H groups in total. The maximum Gasteiger partial charge on any atom is 0.254 e. The minimum atomic E-state index is -0.126. The molecule has 11 heteroatoms. The first-order valence-electron chi connectivity index (χ1n) is 14.2. The van der Waals surface area contributed by atoms with E-state index in [0.717, 1.165) is 46.6 Å². The highest BCUT2D eigenvalue weighted by Gasteiger charge is 2.30. The number of benzene rings is 3. The van der Waals surface area contributed by atoms with Crippen LogP contribution in [-0.2, 0) is 4.79 Å². The van der Waals surface area contributed by atoms with E-state index in [0.29, 0.717) is 41.7 Å². The molecule has 224 valence electrons. The van der Waals surface area contributed by atoms with E-state index in [4.69, 9.17) is 27.9 Å². The van der Waals surface area contributed by atoms with Crippen LogP contribution in [0.5, 0.6) is 5.75 Å².